The van der Waals surface area contributed by atoms with Gasteiger partial charge in [0.25, 0.3) is 0 Å². The highest BCUT2D eigenvalue weighted by Crippen LogP contribution is 2.17. The van der Waals surface area contributed by atoms with Crippen LogP contribution in [-0.2, 0) is 0 Å². The van der Waals surface area contributed by atoms with Crippen molar-refractivity contribution >= 4 is 5.97 Å². The SMILES string of the molecule is Cc1cn(-c2cccc(C(C)C)c2)nc(C(=O)O)c1=O. The Morgan fingerprint density at radius 3 is 2.65 bits per heavy atom. The summed E-state index contributed by atoms with van der Waals surface area (Å²) in [6, 6.07) is 7.66. The van der Waals surface area contributed by atoms with E-state index in [-0.39, 0.29) is 0 Å². The molecule has 0 radical (unpaired) electrons. The third kappa shape index (κ3) is 2.61. The first-order valence-electron chi connectivity index (χ1n) is 6.34. The second-order valence-corrected chi connectivity index (χ2v) is 4.99. The van der Waals surface area contributed by atoms with E-state index in [2.05, 4.69) is 18.9 Å². The Balaban J connectivity index is 2.61. The maximum atomic E-state index is 11.7. The highest BCUT2D eigenvalue weighted by molar-refractivity contribution is 5.85. The Bertz CT molecular complexity index is 717. The summed E-state index contributed by atoms with van der Waals surface area (Å²) in [4.78, 5) is 22.8. The van der Waals surface area contributed by atoms with Crippen LogP contribution in [0.25, 0.3) is 5.69 Å². The number of aryl methyl sites for hydroxylation is 1. The number of aromatic nitrogens is 2. The van der Waals surface area contributed by atoms with Crippen LogP contribution in [0.4, 0.5) is 0 Å². The minimum atomic E-state index is -1.31. The van der Waals surface area contributed by atoms with Crippen LogP contribution in [0, 0.1) is 6.92 Å². The Morgan fingerprint density at radius 2 is 2.05 bits per heavy atom. The third-order valence-electron chi connectivity index (χ3n) is 3.10. The molecule has 2 aromatic rings. The predicted molar refractivity (Wildman–Crippen MR) is 75.6 cm³/mol. The van der Waals surface area contributed by atoms with Gasteiger partial charge in [0.15, 0.2) is 0 Å². The molecular formula is C15H16N2O3. The highest BCUT2D eigenvalue weighted by atomic mass is 16.4. The lowest BCUT2D eigenvalue weighted by molar-refractivity contribution is 0.0686. The average Bonchev–Trinajstić information content (AvgIpc) is 2.41. The fourth-order valence-electron chi connectivity index (χ4n) is 1.91. The Kier molecular flexibility index (Phi) is 3.70. The molecule has 1 N–H and O–H groups in total. The van der Waals surface area contributed by atoms with Crippen molar-refractivity contribution in [2.45, 2.75) is 26.7 Å². The molecule has 0 fully saturated rings. The molecule has 0 bridgehead atoms. The molecule has 0 aliphatic rings. The van der Waals surface area contributed by atoms with Crippen molar-refractivity contribution in [3.05, 3.63) is 57.5 Å². The normalized spacial score (nSPS) is 10.8. The van der Waals surface area contributed by atoms with E-state index in [0.29, 0.717) is 11.5 Å². The molecule has 1 aromatic carbocycles. The van der Waals surface area contributed by atoms with E-state index < -0.39 is 17.1 Å². The molecule has 0 aliphatic heterocycles. The zero-order valence-corrected chi connectivity index (χ0v) is 11.6. The van der Waals surface area contributed by atoms with Crippen LogP contribution in [0.1, 0.15) is 41.4 Å². The minimum Gasteiger partial charge on any atom is -0.476 e. The number of aromatic carboxylic acids is 1. The summed E-state index contributed by atoms with van der Waals surface area (Å²) in [5.74, 6) is -0.957. The Hall–Kier alpha value is -2.43. The zero-order chi connectivity index (χ0) is 14.9. The summed E-state index contributed by atoms with van der Waals surface area (Å²) in [6.45, 7) is 5.73. The molecule has 0 saturated carbocycles. The number of hydrogen-bond donors (Lipinski definition) is 1. The molecule has 0 aliphatic carbocycles. The van der Waals surface area contributed by atoms with E-state index in [0.717, 1.165) is 11.3 Å². The number of benzene rings is 1. The van der Waals surface area contributed by atoms with Crippen molar-refractivity contribution < 1.29 is 9.90 Å². The van der Waals surface area contributed by atoms with Gasteiger partial charge in [0, 0.05) is 11.8 Å². The van der Waals surface area contributed by atoms with Gasteiger partial charge in [0.05, 0.1) is 5.69 Å². The van der Waals surface area contributed by atoms with E-state index in [1.165, 1.54) is 4.68 Å². The summed E-state index contributed by atoms with van der Waals surface area (Å²) in [5.41, 5.74) is 1.21. The van der Waals surface area contributed by atoms with Gasteiger partial charge < -0.3 is 5.11 Å². The number of carbonyl (C=O) groups is 1. The van der Waals surface area contributed by atoms with E-state index in [1.807, 2.05) is 24.3 Å². The van der Waals surface area contributed by atoms with E-state index in [9.17, 15) is 9.59 Å². The average molecular weight is 272 g/mol. The second kappa shape index (κ2) is 5.28. The molecule has 2 rings (SSSR count). The maximum Gasteiger partial charge on any atom is 0.360 e. The van der Waals surface area contributed by atoms with Gasteiger partial charge in [-0.2, -0.15) is 5.10 Å². The van der Waals surface area contributed by atoms with Gasteiger partial charge in [0.2, 0.25) is 11.1 Å². The Morgan fingerprint density at radius 1 is 1.35 bits per heavy atom. The van der Waals surface area contributed by atoms with Gasteiger partial charge in [-0.15, -0.1) is 0 Å². The van der Waals surface area contributed by atoms with Crippen molar-refractivity contribution in [2.75, 3.05) is 0 Å². The second-order valence-electron chi connectivity index (χ2n) is 4.99. The number of nitrogens with zero attached hydrogens (tertiary/aromatic N) is 2. The molecule has 0 saturated heterocycles. The summed E-state index contributed by atoms with van der Waals surface area (Å²) in [7, 11) is 0. The summed E-state index contributed by atoms with van der Waals surface area (Å²) < 4.78 is 1.44. The van der Waals surface area contributed by atoms with Crippen LogP contribution in [-0.4, -0.2) is 20.9 Å². The van der Waals surface area contributed by atoms with E-state index in [4.69, 9.17) is 5.11 Å². The van der Waals surface area contributed by atoms with Crippen molar-refractivity contribution in [1.82, 2.24) is 9.78 Å². The Labute approximate surface area is 116 Å². The highest BCUT2D eigenvalue weighted by Gasteiger charge is 2.14. The molecule has 5 nitrogen and oxygen atoms in total. The number of carboxylic acids is 1. The molecule has 104 valence electrons. The summed E-state index contributed by atoms with van der Waals surface area (Å²) in [5, 5.41) is 12.9. The van der Waals surface area contributed by atoms with Crippen LogP contribution in [0.15, 0.2) is 35.3 Å². The molecule has 0 spiro atoms. The predicted octanol–water partition coefficient (Wildman–Crippen LogP) is 2.36. The van der Waals surface area contributed by atoms with Crippen LogP contribution >= 0.6 is 0 Å². The van der Waals surface area contributed by atoms with Gasteiger partial charge in [-0.25, -0.2) is 9.48 Å². The minimum absolute atomic E-state index is 0.354. The lowest BCUT2D eigenvalue weighted by Crippen LogP contribution is -2.23. The third-order valence-corrected chi connectivity index (χ3v) is 3.10. The molecule has 1 heterocycles. The number of hydrogen-bond acceptors (Lipinski definition) is 3. The molecule has 0 unspecified atom stereocenters. The fraction of sp³-hybridized carbons (Fsp3) is 0.267. The van der Waals surface area contributed by atoms with Gasteiger partial charge in [0.1, 0.15) is 0 Å². The van der Waals surface area contributed by atoms with E-state index >= 15 is 0 Å². The first-order valence-corrected chi connectivity index (χ1v) is 6.34. The van der Waals surface area contributed by atoms with Crippen LogP contribution < -0.4 is 5.43 Å². The molecule has 1 aromatic heterocycles. The lowest BCUT2D eigenvalue weighted by atomic mass is 10.0. The largest absolute Gasteiger partial charge is 0.476 e. The van der Waals surface area contributed by atoms with Crippen molar-refractivity contribution in [1.29, 1.82) is 0 Å². The molecule has 20 heavy (non-hydrogen) atoms. The van der Waals surface area contributed by atoms with Crippen molar-refractivity contribution in [2.24, 2.45) is 0 Å². The lowest BCUT2D eigenvalue weighted by Gasteiger charge is -2.11. The summed E-state index contributed by atoms with van der Waals surface area (Å²) in [6.07, 6.45) is 1.55. The van der Waals surface area contributed by atoms with Gasteiger partial charge in [-0.1, -0.05) is 26.0 Å². The van der Waals surface area contributed by atoms with Gasteiger partial charge in [-0.05, 0) is 30.5 Å². The van der Waals surface area contributed by atoms with Crippen molar-refractivity contribution in [3.63, 3.8) is 0 Å². The first-order chi connectivity index (χ1) is 9.40. The van der Waals surface area contributed by atoms with E-state index in [1.54, 1.807) is 13.1 Å². The quantitative estimate of drug-likeness (QED) is 0.931. The van der Waals surface area contributed by atoms with Crippen LogP contribution in [0.5, 0.6) is 0 Å². The zero-order valence-electron chi connectivity index (χ0n) is 11.6. The van der Waals surface area contributed by atoms with Crippen LogP contribution in [0.2, 0.25) is 0 Å². The standard InChI is InChI=1S/C15H16N2O3/c1-9(2)11-5-4-6-12(7-11)17-8-10(3)14(18)13(16-17)15(19)20/h4-9H,1-3H3,(H,19,20). The topological polar surface area (TPSA) is 72.2 Å². The molecule has 0 amide bonds. The maximum absolute atomic E-state index is 11.7. The monoisotopic (exact) mass is 272 g/mol. The molecule has 5 heteroatoms. The van der Waals surface area contributed by atoms with Crippen molar-refractivity contribution in [3.8, 4) is 5.69 Å². The molecule has 0 atom stereocenters. The number of carboxylic acid groups (broad SMARTS) is 1. The fourth-order valence-corrected chi connectivity index (χ4v) is 1.91. The smallest absolute Gasteiger partial charge is 0.360 e. The van der Waals surface area contributed by atoms with Crippen LogP contribution in [0.3, 0.4) is 0 Å². The first kappa shape index (κ1) is 14.0. The number of rotatable bonds is 3. The molecular weight excluding hydrogens is 256 g/mol. The van der Waals surface area contributed by atoms with Gasteiger partial charge >= 0.3 is 5.97 Å². The summed E-state index contributed by atoms with van der Waals surface area (Å²) >= 11 is 0. The van der Waals surface area contributed by atoms with Gasteiger partial charge in [-0.3, -0.25) is 4.79 Å².